The van der Waals surface area contributed by atoms with Crippen LogP contribution >= 0.6 is 23.2 Å². The SMILES string of the molecule is COC(=O)CCCc1c(-c2ccc(Cl)c(F)c2)[nH]c2ccc(Cl)cc12. The molecule has 3 aromatic rings. The number of benzene rings is 2. The molecule has 0 bridgehead atoms. The van der Waals surface area contributed by atoms with Gasteiger partial charge in [0, 0.05) is 33.6 Å². The fourth-order valence-corrected chi connectivity index (χ4v) is 3.18. The predicted octanol–water partition coefficient (Wildman–Crippen LogP) is 5.78. The van der Waals surface area contributed by atoms with Crippen LogP contribution in [0.15, 0.2) is 36.4 Å². The Hall–Kier alpha value is -2.04. The Labute approximate surface area is 154 Å². The van der Waals surface area contributed by atoms with E-state index in [1.54, 1.807) is 12.1 Å². The molecule has 3 nitrogen and oxygen atoms in total. The summed E-state index contributed by atoms with van der Waals surface area (Å²) < 4.78 is 18.6. The van der Waals surface area contributed by atoms with Crippen LogP contribution in [0.1, 0.15) is 18.4 Å². The number of fused-ring (bicyclic) bond motifs is 1. The van der Waals surface area contributed by atoms with Gasteiger partial charge in [0.15, 0.2) is 0 Å². The summed E-state index contributed by atoms with van der Waals surface area (Å²) in [6.45, 7) is 0. The number of nitrogens with one attached hydrogen (secondary N) is 1. The Balaban J connectivity index is 2.05. The van der Waals surface area contributed by atoms with Crippen LogP contribution in [0.25, 0.3) is 22.2 Å². The van der Waals surface area contributed by atoms with Crippen LogP contribution in [0, 0.1) is 5.82 Å². The van der Waals surface area contributed by atoms with Crippen LogP contribution in [0.5, 0.6) is 0 Å². The van der Waals surface area contributed by atoms with Gasteiger partial charge in [-0.25, -0.2) is 4.39 Å². The number of H-pyrrole nitrogens is 1. The lowest BCUT2D eigenvalue weighted by Gasteiger charge is -2.06. The third-order valence-corrected chi connectivity index (χ3v) is 4.65. The van der Waals surface area contributed by atoms with E-state index < -0.39 is 5.82 Å². The zero-order valence-electron chi connectivity index (χ0n) is 13.5. The summed E-state index contributed by atoms with van der Waals surface area (Å²) in [7, 11) is 1.37. The molecule has 0 aliphatic heterocycles. The maximum Gasteiger partial charge on any atom is 0.305 e. The first-order valence-electron chi connectivity index (χ1n) is 7.82. The van der Waals surface area contributed by atoms with Gasteiger partial charge in [0.05, 0.1) is 12.1 Å². The zero-order valence-corrected chi connectivity index (χ0v) is 15.0. The van der Waals surface area contributed by atoms with E-state index >= 15 is 0 Å². The third-order valence-electron chi connectivity index (χ3n) is 4.11. The van der Waals surface area contributed by atoms with Crippen molar-refractivity contribution >= 4 is 40.1 Å². The molecule has 0 aliphatic rings. The Morgan fingerprint density at radius 1 is 1.20 bits per heavy atom. The molecule has 1 aromatic heterocycles. The van der Waals surface area contributed by atoms with E-state index in [4.69, 9.17) is 23.2 Å². The van der Waals surface area contributed by atoms with Crippen LogP contribution in [0.4, 0.5) is 4.39 Å². The van der Waals surface area contributed by atoms with Crippen molar-refractivity contribution in [1.29, 1.82) is 0 Å². The van der Waals surface area contributed by atoms with Crippen molar-refractivity contribution < 1.29 is 13.9 Å². The normalized spacial score (nSPS) is 11.0. The lowest BCUT2D eigenvalue weighted by molar-refractivity contribution is -0.140. The molecule has 0 saturated carbocycles. The average Bonchev–Trinajstić information content (AvgIpc) is 2.95. The molecule has 6 heteroatoms. The number of hydrogen-bond acceptors (Lipinski definition) is 2. The molecule has 130 valence electrons. The third kappa shape index (κ3) is 3.80. The summed E-state index contributed by atoms with van der Waals surface area (Å²) in [5.41, 5.74) is 3.39. The number of halogens is 3. The van der Waals surface area contributed by atoms with Crippen molar-refractivity contribution in [3.63, 3.8) is 0 Å². The van der Waals surface area contributed by atoms with Crippen molar-refractivity contribution in [1.82, 2.24) is 4.98 Å². The number of aryl methyl sites for hydroxylation is 1. The van der Waals surface area contributed by atoms with Crippen LogP contribution in [-0.4, -0.2) is 18.1 Å². The van der Waals surface area contributed by atoms with Crippen molar-refractivity contribution in [3.8, 4) is 11.3 Å². The Morgan fingerprint density at radius 2 is 2.00 bits per heavy atom. The molecule has 0 fully saturated rings. The van der Waals surface area contributed by atoms with E-state index in [0.29, 0.717) is 29.8 Å². The number of ether oxygens (including phenoxy) is 1. The van der Waals surface area contributed by atoms with Crippen molar-refractivity contribution in [2.45, 2.75) is 19.3 Å². The second-order valence-electron chi connectivity index (χ2n) is 5.73. The van der Waals surface area contributed by atoms with E-state index in [-0.39, 0.29) is 11.0 Å². The molecule has 0 unspecified atom stereocenters. The molecule has 0 spiro atoms. The number of rotatable bonds is 5. The highest BCUT2D eigenvalue weighted by atomic mass is 35.5. The van der Waals surface area contributed by atoms with Crippen molar-refractivity contribution in [3.05, 3.63) is 57.8 Å². The fourth-order valence-electron chi connectivity index (χ4n) is 2.89. The molecular formula is C19H16Cl2FNO2. The standard InChI is InChI=1S/C19H16Cl2FNO2/c1-25-18(24)4-2-3-13-14-10-12(20)6-8-17(14)23-19(13)11-5-7-15(21)16(22)9-11/h5-10,23H,2-4H2,1H3. The number of carbonyl (C=O) groups is 1. The summed E-state index contributed by atoms with van der Waals surface area (Å²) >= 11 is 11.9. The minimum Gasteiger partial charge on any atom is -0.469 e. The molecule has 2 aromatic carbocycles. The second-order valence-corrected chi connectivity index (χ2v) is 6.57. The first-order valence-corrected chi connectivity index (χ1v) is 8.57. The van der Waals surface area contributed by atoms with E-state index in [2.05, 4.69) is 9.72 Å². The summed E-state index contributed by atoms with van der Waals surface area (Å²) in [6.07, 6.45) is 1.57. The first kappa shape index (κ1) is 17.8. The van der Waals surface area contributed by atoms with Gasteiger partial charge >= 0.3 is 5.97 Å². The fraction of sp³-hybridized carbons (Fsp3) is 0.211. The molecular weight excluding hydrogens is 364 g/mol. The van der Waals surface area contributed by atoms with Gasteiger partial charge in [-0.3, -0.25) is 4.79 Å². The van der Waals surface area contributed by atoms with Crippen molar-refractivity contribution in [2.24, 2.45) is 0 Å². The van der Waals surface area contributed by atoms with Crippen LogP contribution < -0.4 is 0 Å². The number of methoxy groups -OCH3 is 1. The van der Waals surface area contributed by atoms with Crippen LogP contribution in [0.3, 0.4) is 0 Å². The number of carbonyl (C=O) groups excluding carboxylic acids is 1. The number of aromatic nitrogens is 1. The monoisotopic (exact) mass is 379 g/mol. The molecule has 0 amide bonds. The maximum absolute atomic E-state index is 13.9. The number of hydrogen-bond donors (Lipinski definition) is 1. The summed E-state index contributed by atoms with van der Waals surface area (Å²) in [4.78, 5) is 14.7. The van der Waals surface area contributed by atoms with Gasteiger partial charge in [-0.1, -0.05) is 29.3 Å². The van der Waals surface area contributed by atoms with Gasteiger partial charge in [-0.05, 0) is 48.7 Å². The van der Waals surface area contributed by atoms with E-state index in [1.165, 1.54) is 19.2 Å². The number of aromatic amines is 1. The van der Waals surface area contributed by atoms with Gasteiger partial charge in [-0.15, -0.1) is 0 Å². The quantitative estimate of drug-likeness (QED) is 0.571. The van der Waals surface area contributed by atoms with Crippen LogP contribution in [-0.2, 0) is 16.0 Å². The topological polar surface area (TPSA) is 42.1 Å². The summed E-state index contributed by atoms with van der Waals surface area (Å²) in [5, 5.41) is 1.66. The van der Waals surface area contributed by atoms with Crippen molar-refractivity contribution in [2.75, 3.05) is 7.11 Å². The highest BCUT2D eigenvalue weighted by molar-refractivity contribution is 6.31. The highest BCUT2D eigenvalue weighted by Gasteiger charge is 2.15. The molecule has 1 heterocycles. The molecule has 0 saturated heterocycles. The first-order chi connectivity index (χ1) is 12.0. The molecule has 1 N–H and O–H groups in total. The van der Waals surface area contributed by atoms with Gasteiger partial charge < -0.3 is 9.72 Å². The Morgan fingerprint density at radius 3 is 2.72 bits per heavy atom. The molecule has 25 heavy (non-hydrogen) atoms. The summed E-state index contributed by atoms with van der Waals surface area (Å²) in [5.74, 6) is -0.728. The summed E-state index contributed by atoms with van der Waals surface area (Å²) in [6, 6.07) is 10.3. The van der Waals surface area contributed by atoms with Gasteiger partial charge in [0.1, 0.15) is 5.82 Å². The maximum atomic E-state index is 13.9. The van der Waals surface area contributed by atoms with E-state index in [0.717, 1.165) is 22.2 Å². The predicted molar refractivity (Wildman–Crippen MR) is 98.7 cm³/mol. The lowest BCUT2D eigenvalue weighted by Crippen LogP contribution is -2.00. The Bertz CT molecular complexity index is 937. The average molecular weight is 380 g/mol. The number of esters is 1. The smallest absolute Gasteiger partial charge is 0.305 e. The van der Waals surface area contributed by atoms with Crippen LogP contribution in [0.2, 0.25) is 10.0 Å². The molecule has 0 aliphatic carbocycles. The largest absolute Gasteiger partial charge is 0.469 e. The zero-order chi connectivity index (χ0) is 18.0. The molecule has 0 radical (unpaired) electrons. The lowest BCUT2D eigenvalue weighted by atomic mass is 10.0. The van der Waals surface area contributed by atoms with E-state index in [9.17, 15) is 9.18 Å². The van der Waals surface area contributed by atoms with Gasteiger partial charge in [0.2, 0.25) is 0 Å². The minimum absolute atomic E-state index is 0.0788. The minimum atomic E-state index is -0.476. The van der Waals surface area contributed by atoms with Gasteiger partial charge in [0.25, 0.3) is 0 Å². The second kappa shape index (κ2) is 7.46. The highest BCUT2D eigenvalue weighted by Crippen LogP contribution is 2.34. The molecule has 3 rings (SSSR count). The van der Waals surface area contributed by atoms with E-state index in [1.807, 2.05) is 12.1 Å². The van der Waals surface area contributed by atoms with Gasteiger partial charge in [-0.2, -0.15) is 0 Å². The molecule has 0 atom stereocenters. The Kier molecular flexibility index (Phi) is 5.30.